The van der Waals surface area contributed by atoms with Gasteiger partial charge >= 0.3 is 0 Å². The van der Waals surface area contributed by atoms with Crippen LogP contribution in [0.25, 0.3) is 0 Å². The van der Waals surface area contributed by atoms with Crippen molar-refractivity contribution in [3.8, 4) is 0 Å². The first kappa shape index (κ1) is 20.6. The second kappa shape index (κ2) is 9.33. The van der Waals surface area contributed by atoms with Crippen LogP contribution in [-0.4, -0.2) is 41.2 Å². The Hall–Kier alpha value is -1.66. The molecule has 0 saturated heterocycles. The Kier molecular flexibility index (Phi) is 7.41. The number of hydrogen-bond donors (Lipinski definition) is 1. The second-order valence-electron chi connectivity index (χ2n) is 7.52. The summed E-state index contributed by atoms with van der Waals surface area (Å²) in [5.74, 6) is 0.660. The Morgan fingerprint density at radius 1 is 1.35 bits per heavy atom. The standard InChI is InChI=1S/C20H32N4OS/c1-14(2)13-24-16(4)17(15(3)22-24)9-10-20(25)21-12-18(23(5)6)19-8-7-11-26-19/h7-8,11,14,18H,9-10,12-13H2,1-6H3,(H,21,25). The molecule has 1 amide bonds. The van der Waals surface area contributed by atoms with E-state index in [1.807, 2.05) is 21.0 Å². The number of nitrogens with zero attached hydrogens (tertiary/aromatic N) is 3. The molecule has 2 aromatic heterocycles. The minimum atomic E-state index is 0.101. The van der Waals surface area contributed by atoms with Crippen molar-refractivity contribution in [1.82, 2.24) is 20.0 Å². The zero-order chi connectivity index (χ0) is 19.3. The van der Waals surface area contributed by atoms with E-state index in [1.165, 1.54) is 16.1 Å². The molecule has 1 atom stereocenters. The van der Waals surface area contributed by atoms with Gasteiger partial charge in [-0.3, -0.25) is 9.48 Å². The molecule has 26 heavy (non-hydrogen) atoms. The predicted octanol–water partition coefficient (Wildman–Crippen LogP) is 3.57. The van der Waals surface area contributed by atoms with E-state index in [0.29, 0.717) is 18.9 Å². The van der Waals surface area contributed by atoms with Crippen molar-refractivity contribution in [2.45, 2.75) is 53.1 Å². The van der Waals surface area contributed by atoms with Crippen LogP contribution < -0.4 is 5.32 Å². The molecule has 0 aromatic carbocycles. The average molecular weight is 377 g/mol. The summed E-state index contributed by atoms with van der Waals surface area (Å²) in [6.45, 7) is 10.1. The van der Waals surface area contributed by atoms with E-state index in [0.717, 1.165) is 18.7 Å². The van der Waals surface area contributed by atoms with Crippen LogP contribution in [0.1, 0.15) is 48.1 Å². The molecule has 0 aliphatic heterocycles. The van der Waals surface area contributed by atoms with Gasteiger partial charge in [0.05, 0.1) is 11.7 Å². The van der Waals surface area contributed by atoms with E-state index < -0.39 is 0 Å². The van der Waals surface area contributed by atoms with E-state index in [-0.39, 0.29) is 11.9 Å². The Morgan fingerprint density at radius 2 is 2.08 bits per heavy atom. The summed E-state index contributed by atoms with van der Waals surface area (Å²) in [6.07, 6.45) is 1.24. The SMILES string of the molecule is Cc1nn(CC(C)C)c(C)c1CCC(=O)NCC(c1cccs1)N(C)C. The quantitative estimate of drug-likeness (QED) is 0.728. The summed E-state index contributed by atoms with van der Waals surface area (Å²) in [4.78, 5) is 15.8. The van der Waals surface area contributed by atoms with Gasteiger partial charge in [0.15, 0.2) is 0 Å². The summed E-state index contributed by atoms with van der Waals surface area (Å²) in [5.41, 5.74) is 3.44. The number of carbonyl (C=O) groups excluding carboxylic acids is 1. The summed E-state index contributed by atoms with van der Waals surface area (Å²) in [7, 11) is 4.10. The fraction of sp³-hybridized carbons (Fsp3) is 0.600. The van der Waals surface area contributed by atoms with Crippen LogP contribution in [0.5, 0.6) is 0 Å². The smallest absolute Gasteiger partial charge is 0.220 e. The lowest BCUT2D eigenvalue weighted by atomic mass is 10.1. The number of aromatic nitrogens is 2. The van der Waals surface area contributed by atoms with E-state index in [9.17, 15) is 4.79 Å². The van der Waals surface area contributed by atoms with Crippen molar-refractivity contribution in [1.29, 1.82) is 0 Å². The molecule has 6 heteroatoms. The van der Waals surface area contributed by atoms with Gasteiger partial charge in [0.1, 0.15) is 0 Å². The Bertz CT molecular complexity index is 704. The second-order valence-corrected chi connectivity index (χ2v) is 8.50. The monoisotopic (exact) mass is 376 g/mol. The van der Waals surface area contributed by atoms with Crippen molar-refractivity contribution in [2.24, 2.45) is 5.92 Å². The number of amides is 1. The largest absolute Gasteiger partial charge is 0.354 e. The van der Waals surface area contributed by atoms with Crippen molar-refractivity contribution in [3.63, 3.8) is 0 Å². The number of carbonyl (C=O) groups is 1. The lowest BCUT2D eigenvalue weighted by Crippen LogP contribution is -2.34. The fourth-order valence-electron chi connectivity index (χ4n) is 3.18. The third-order valence-electron chi connectivity index (χ3n) is 4.66. The Labute approximate surface area is 161 Å². The van der Waals surface area contributed by atoms with Gasteiger partial charge in [-0.25, -0.2) is 0 Å². The van der Waals surface area contributed by atoms with E-state index >= 15 is 0 Å². The molecule has 144 valence electrons. The van der Waals surface area contributed by atoms with Gasteiger partial charge < -0.3 is 10.2 Å². The first-order chi connectivity index (χ1) is 12.3. The summed E-state index contributed by atoms with van der Waals surface area (Å²) in [6, 6.07) is 4.40. The molecule has 0 aliphatic rings. The molecule has 0 radical (unpaired) electrons. The highest BCUT2D eigenvalue weighted by Gasteiger charge is 2.17. The van der Waals surface area contributed by atoms with Crippen LogP contribution in [-0.2, 0) is 17.8 Å². The minimum absolute atomic E-state index is 0.101. The van der Waals surface area contributed by atoms with Crippen molar-refractivity contribution in [3.05, 3.63) is 39.3 Å². The number of hydrogen-bond acceptors (Lipinski definition) is 4. The normalized spacial score (nSPS) is 12.8. The van der Waals surface area contributed by atoms with E-state index in [2.05, 4.69) is 58.3 Å². The minimum Gasteiger partial charge on any atom is -0.354 e. The highest BCUT2D eigenvalue weighted by Crippen LogP contribution is 2.22. The fourth-order valence-corrected chi connectivity index (χ4v) is 4.10. The van der Waals surface area contributed by atoms with Crippen LogP contribution in [0.4, 0.5) is 0 Å². The highest BCUT2D eigenvalue weighted by atomic mass is 32.1. The Morgan fingerprint density at radius 3 is 2.65 bits per heavy atom. The lowest BCUT2D eigenvalue weighted by molar-refractivity contribution is -0.121. The van der Waals surface area contributed by atoms with Gasteiger partial charge in [-0.2, -0.15) is 5.10 Å². The molecule has 1 unspecified atom stereocenters. The molecule has 5 nitrogen and oxygen atoms in total. The number of likely N-dealkylation sites (N-methyl/N-ethyl adjacent to an activating group) is 1. The molecular formula is C20H32N4OS. The number of aryl methyl sites for hydroxylation is 1. The molecule has 1 N–H and O–H groups in total. The van der Waals surface area contributed by atoms with Crippen LogP contribution in [0, 0.1) is 19.8 Å². The molecule has 2 heterocycles. The molecule has 2 aromatic rings. The van der Waals surface area contributed by atoms with Crippen LogP contribution in [0.3, 0.4) is 0 Å². The maximum atomic E-state index is 12.4. The molecule has 0 bridgehead atoms. The summed E-state index contributed by atoms with van der Waals surface area (Å²) >= 11 is 1.73. The van der Waals surface area contributed by atoms with Gasteiger partial charge in [0.2, 0.25) is 5.91 Å². The van der Waals surface area contributed by atoms with Crippen LogP contribution in [0.15, 0.2) is 17.5 Å². The van der Waals surface area contributed by atoms with Crippen molar-refractivity contribution >= 4 is 17.2 Å². The predicted molar refractivity (Wildman–Crippen MR) is 109 cm³/mol. The zero-order valence-electron chi connectivity index (χ0n) is 16.9. The van der Waals surface area contributed by atoms with Gasteiger partial charge in [-0.15, -0.1) is 11.3 Å². The van der Waals surface area contributed by atoms with Crippen molar-refractivity contribution in [2.75, 3.05) is 20.6 Å². The van der Waals surface area contributed by atoms with E-state index in [4.69, 9.17) is 0 Å². The van der Waals surface area contributed by atoms with Crippen LogP contribution >= 0.6 is 11.3 Å². The van der Waals surface area contributed by atoms with E-state index in [1.54, 1.807) is 11.3 Å². The number of nitrogens with one attached hydrogen (secondary N) is 1. The molecule has 0 aliphatic carbocycles. The first-order valence-electron chi connectivity index (χ1n) is 9.29. The summed E-state index contributed by atoms with van der Waals surface area (Å²) < 4.78 is 2.08. The van der Waals surface area contributed by atoms with Gasteiger partial charge in [0.25, 0.3) is 0 Å². The maximum absolute atomic E-state index is 12.4. The van der Waals surface area contributed by atoms with Crippen molar-refractivity contribution < 1.29 is 4.79 Å². The first-order valence-corrected chi connectivity index (χ1v) is 10.2. The van der Waals surface area contributed by atoms with Gasteiger partial charge in [-0.05, 0) is 57.3 Å². The Balaban J connectivity index is 1.90. The van der Waals surface area contributed by atoms with Crippen LogP contribution in [0.2, 0.25) is 0 Å². The third-order valence-corrected chi connectivity index (χ3v) is 5.63. The maximum Gasteiger partial charge on any atom is 0.220 e. The molecule has 2 rings (SSSR count). The highest BCUT2D eigenvalue weighted by molar-refractivity contribution is 7.10. The number of thiophene rings is 1. The molecule has 0 spiro atoms. The zero-order valence-corrected chi connectivity index (χ0v) is 17.7. The topological polar surface area (TPSA) is 50.2 Å². The van der Waals surface area contributed by atoms with Gasteiger partial charge in [0, 0.05) is 30.1 Å². The molecule has 0 fully saturated rings. The summed E-state index contributed by atoms with van der Waals surface area (Å²) in [5, 5.41) is 9.82. The molecule has 0 saturated carbocycles. The third kappa shape index (κ3) is 5.42. The molecular weight excluding hydrogens is 344 g/mol. The average Bonchev–Trinajstić information content (AvgIpc) is 3.15. The lowest BCUT2D eigenvalue weighted by Gasteiger charge is -2.23. The number of rotatable bonds is 9. The van der Waals surface area contributed by atoms with Gasteiger partial charge in [-0.1, -0.05) is 19.9 Å².